The molecule has 0 saturated carbocycles. The first-order valence-corrected chi connectivity index (χ1v) is 3.78. The number of hydrogen-bond acceptors (Lipinski definition) is 2. The van der Waals surface area contributed by atoms with Crippen LogP contribution in [0.5, 0.6) is 0 Å². The molecule has 74 valence electrons. The second-order valence-electron chi connectivity index (χ2n) is 2.92. The van der Waals surface area contributed by atoms with Gasteiger partial charge in [-0.2, -0.15) is 13.2 Å². The molecule has 0 bridgehead atoms. The lowest BCUT2D eigenvalue weighted by Gasteiger charge is -2.22. The Morgan fingerprint density at radius 2 is 2.15 bits per heavy atom. The predicted molar refractivity (Wildman–Crippen MR) is 42.7 cm³/mol. The molecule has 0 spiro atoms. The topological polar surface area (TPSA) is 21.6 Å². The summed E-state index contributed by atoms with van der Waals surface area (Å²) in [5, 5.41) is 0. The normalized spacial score (nSPS) is 23.9. The summed E-state index contributed by atoms with van der Waals surface area (Å²) in [6.45, 7) is 1.72. The van der Waals surface area contributed by atoms with E-state index in [2.05, 4.69) is 4.99 Å². The van der Waals surface area contributed by atoms with E-state index in [0.717, 1.165) is 5.57 Å². The van der Waals surface area contributed by atoms with Crippen molar-refractivity contribution < 1.29 is 17.9 Å². The van der Waals surface area contributed by atoms with E-state index in [4.69, 9.17) is 4.74 Å². The van der Waals surface area contributed by atoms with Crippen molar-refractivity contribution in [2.24, 2.45) is 4.99 Å². The van der Waals surface area contributed by atoms with Crippen LogP contribution in [0.1, 0.15) is 13.3 Å². The zero-order valence-corrected chi connectivity index (χ0v) is 7.35. The third-order valence-corrected chi connectivity index (χ3v) is 1.81. The van der Waals surface area contributed by atoms with E-state index in [1.807, 2.05) is 0 Å². The largest absolute Gasteiger partial charge is 0.432 e. The van der Waals surface area contributed by atoms with Crippen LogP contribution >= 0.6 is 0 Å². The summed E-state index contributed by atoms with van der Waals surface area (Å²) in [7, 11) is 1.25. The summed E-state index contributed by atoms with van der Waals surface area (Å²) >= 11 is 0. The first kappa shape index (κ1) is 10.2. The number of aliphatic imine (C=N–C) groups is 1. The summed E-state index contributed by atoms with van der Waals surface area (Å²) in [5.74, 6) is 0. The smallest absolute Gasteiger partial charge is 0.375 e. The summed E-state index contributed by atoms with van der Waals surface area (Å²) in [5.41, 5.74) is -0.0551. The van der Waals surface area contributed by atoms with Crippen LogP contribution in [-0.2, 0) is 4.74 Å². The number of nitrogens with zero attached hydrogens (tertiary/aromatic N) is 1. The molecule has 0 aromatic carbocycles. The monoisotopic (exact) mass is 193 g/mol. The van der Waals surface area contributed by atoms with Gasteiger partial charge >= 0.3 is 6.18 Å². The molecule has 1 heterocycles. The number of ether oxygens (including phenoxy) is 1. The maximum atomic E-state index is 12.3. The molecular weight excluding hydrogens is 183 g/mol. The van der Waals surface area contributed by atoms with Crippen molar-refractivity contribution in [3.63, 3.8) is 0 Å². The number of hydrogen-bond donors (Lipinski definition) is 0. The van der Waals surface area contributed by atoms with Gasteiger partial charge in [0, 0.05) is 19.7 Å². The second kappa shape index (κ2) is 3.49. The molecule has 0 radical (unpaired) electrons. The zero-order chi connectivity index (χ0) is 10.1. The first-order chi connectivity index (χ1) is 5.95. The Bertz CT molecular complexity index is 255. The Hall–Kier alpha value is -0.840. The van der Waals surface area contributed by atoms with Gasteiger partial charge in [0.2, 0.25) is 0 Å². The summed E-state index contributed by atoms with van der Waals surface area (Å²) in [6, 6.07) is 0. The van der Waals surface area contributed by atoms with Crippen molar-refractivity contribution in [3.8, 4) is 0 Å². The van der Waals surface area contributed by atoms with Crippen molar-refractivity contribution >= 4 is 5.71 Å². The molecule has 1 aliphatic rings. The lowest BCUT2D eigenvalue weighted by atomic mass is 10.0. The molecule has 0 amide bonds. The first-order valence-electron chi connectivity index (χ1n) is 3.78. The van der Waals surface area contributed by atoms with Crippen molar-refractivity contribution in [3.05, 3.63) is 11.8 Å². The Balaban J connectivity index is 2.92. The van der Waals surface area contributed by atoms with Crippen LogP contribution < -0.4 is 0 Å². The highest BCUT2D eigenvalue weighted by atomic mass is 19.4. The fraction of sp³-hybridized carbons (Fsp3) is 0.625. The van der Waals surface area contributed by atoms with Crippen LogP contribution in [0.2, 0.25) is 0 Å². The third kappa shape index (κ3) is 2.30. The number of halogens is 3. The van der Waals surface area contributed by atoms with Gasteiger partial charge in [0.1, 0.15) is 6.10 Å². The Morgan fingerprint density at radius 1 is 1.54 bits per heavy atom. The highest BCUT2D eigenvalue weighted by Crippen LogP contribution is 2.26. The fourth-order valence-electron chi connectivity index (χ4n) is 1.16. The third-order valence-electron chi connectivity index (χ3n) is 1.81. The van der Waals surface area contributed by atoms with Crippen LogP contribution in [0.25, 0.3) is 0 Å². The molecule has 0 aliphatic carbocycles. The molecular formula is C8H10F3NO. The average Bonchev–Trinajstić information content (AvgIpc) is 2.01. The van der Waals surface area contributed by atoms with Crippen LogP contribution in [0.3, 0.4) is 0 Å². The van der Waals surface area contributed by atoms with E-state index in [9.17, 15) is 13.2 Å². The molecule has 5 heteroatoms. The van der Waals surface area contributed by atoms with Crippen LogP contribution in [0.15, 0.2) is 16.8 Å². The molecule has 0 fully saturated rings. The summed E-state index contributed by atoms with van der Waals surface area (Å²) in [6.07, 6.45) is -3.85. The Labute approximate surface area is 74.1 Å². The van der Waals surface area contributed by atoms with Crippen molar-refractivity contribution in [2.75, 3.05) is 7.11 Å². The van der Waals surface area contributed by atoms with Gasteiger partial charge < -0.3 is 4.74 Å². The van der Waals surface area contributed by atoms with Gasteiger partial charge in [0.25, 0.3) is 0 Å². The summed E-state index contributed by atoms with van der Waals surface area (Å²) < 4.78 is 41.5. The molecule has 1 atom stereocenters. The average molecular weight is 193 g/mol. The maximum Gasteiger partial charge on any atom is 0.432 e. The van der Waals surface area contributed by atoms with Gasteiger partial charge in [-0.1, -0.05) is 5.57 Å². The molecule has 0 aromatic heterocycles. The van der Waals surface area contributed by atoms with Gasteiger partial charge in [-0.3, -0.25) is 4.99 Å². The molecule has 1 aliphatic heterocycles. The second-order valence-corrected chi connectivity index (χ2v) is 2.92. The molecule has 1 unspecified atom stereocenters. The minimum Gasteiger partial charge on any atom is -0.375 e. The quantitative estimate of drug-likeness (QED) is 0.626. The maximum absolute atomic E-state index is 12.3. The zero-order valence-electron chi connectivity index (χ0n) is 7.35. The minimum absolute atomic E-state index is 0.259. The van der Waals surface area contributed by atoms with Crippen molar-refractivity contribution in [1.29, 1.82) is 0 Å². The number of rotatable bonds is 1. The number of methoxy groups -OCH3 is 1. The van der Waals surface area contributed by atoms with E-state index < -0.39 is 18.0 Å². The van der Waals surface area contributed by atoms with Gasteiger partial charge in [0.05, 0.1) is 0 Å². The molecule has 0 aromatic rings. The van der Waals surface area contributed by atoms with Crippen LogP contribution in [-0.4, -0.2) is 25.1 Å². The molecule has 1 rings (SSSR count). The van der Waals surface area contributed by atoms with Crippen LogP contribution in [0, 0.1) is 0 Å². The van der Waals surface area contributed by atoms with E-state index >= 15 is 0 Å². The highest BCUT2D eigenvalue weighted by Gasteiger charge is 2.41. The fourth-order valence-corrected chi connectivity index (χ4v) is 1.16. The molecule has 2 nitrogen and oxygen atoms in total. The molecule has 0 saturated heterocycles. The van der Waals surface area contributed by atoms with Gasteiger partial charge in [-0.25, -0.2) is 0 Å². The minimum atomic E-state index is -4.39. The van der Waals surface area contributed by atoms with E-state index in [1.54, 1.807) is 6.92 Å². The van der Waals surface area contributed by atoms with Crippen molar-refractivity contribution in [2.45, 2.75) is 25.6 Å². The van der Waals surface area contributed by atoms with E-state index in [-0.39, 0.29) is 6.42 Å². The van der Waals surface area contributed by atoms with E-state index in [0.29, 0.717) is 0 Å². The number of alkyl halides is 3. The SMILES string of the molecule is COC1CC(C)=CN=C1C(F)(F)F. The van der Waals surface area contributed by atoms with Gasteiger partial charge in [-0.05, 0) is 6.92 Å². The molecule has 0 N–H and O–H groups in total. The standard InChI is InChI=1S/C8H10F3NO/c1-5-3-6(13-2)7(12-4-5)8(9,10)11/h4,6H,3H2,1-2H3. The lowest BCUT2D eigenvalue weighted by molar-refractivity contribution is -0.0683. The van der Waals surface area contributed by atoms with E-state index in [1.165, 1.54) is 13.3 Å². The Kier molecular flexibility index (Phi) is 2.75. The lowest BCUT2D eigenvalue weighted by Crippen LogP contribution is -2.37. The van der Waals surface area contributed by atoms with Crippen LogP contribution in [0.4, 0.5) is 13.2 Å². The van der Waals surface area contributed by atoms with Gasteiger partial charge in [-0.15, -0.1) is 0 Å². The van der Waals surface area contributed by atoms with Crippen molar-refractivity contribution in [1.82, 2.24) is 0 Å². The Morgan fingerprint density at radius 3 is 2.62 bits per heavy atom. The van der Waals surface area contributed by atoms with Gasteiger partial charge in [0.15, 0.2) is 5.71 Å². The molecule has 13 heavy (non-hydrogen) atoms. The predicted octanol–water partition coefficient (Wildman–Crippen LogP) is 2.31. The summed E-state index contributed by atoms with van der Waals surface area (Å²) in [4.78, 5) is 3.34. The highest BCUT2D eigenvalue weighted by molar-refractivity contribution is 5.95.